The van der Waals surface area contributed by atoms with Gasteiger partial charge < -0.3 is 14.2 Å². The molecule has 0 radical (unpaired) electrons. The lowest BCUT2D eigenvalue weighted by atomic mass is 10.0. The van der Waals surface area contributed by atoms with E-state index in [1.165, 1.54) is 148 Å². The summed E-state index contributed by atoms with van der Waals surface area (Å²) < 4.78 is 16.8. The molecule has 412 valence electrons. The van der Waals surface area contributed by atoms with Crippen LogP contribution in [0.15, 0.2) is 97.2 Å². The van der Waals surface area contributed by atoms with Crippen LogP contribution in [0.1, 0.15) is 284 Å². The van der Waals surface area contributed by atoms with Crippen molar-refractivity contribution in [2.45, 2.75) is 290 Å². The number of unbranched alkanes of at least 4 members (excludes halogenated alkanes) is 27. The first-order chi connectivity index (χ1) is 35.5. The first-order valence-corrected chi connectivity index (χ1v) is 30.2. The van der Waals surface area contributed by atoms with Gasteiger partial charge >= 0.3 is 17.9 Å². The molecule has 0 rings (SSSR count). The van der Waals surface area contributed by atoms with Gasteiger partial charge in [-0.25, -0.2) is 0 Å². The fraction of sp³-hybridized carbons (Fsp3) is 0.712. The second-order valence-corrected chi connectivity index (χ2v) is 19.9. The number of allylic oxidation sites excluding steroid dienone is 16. The molecule has 6 heteroatoms. The fourth-order valence-corrected chi connectivity index (χ4v) is 8.24. The highest BCUT2D eigenvalue weighted by Gasteiger charge is 2.19. The molecule has 6 nitrogen and oxygen atoms in total. The van der Waals surface area contributed by atoms with E-state index >= 15 is 0 Å². The topological polar surface area (TPSA) is 78.9 Å². The van der Waals surface area contributed by atoms with Crippen LogP contribution in [0.4, 0.5) is 0 Å². The third-order valence-electron chi connectivity index (χ3n) is 12.8. The van der Waals surface area contributed by atoms with Gasteiger partial charge in [-0.2, -0.15) is 0 Å². The number of hydrogen-bond donors (Lipinski definition) is 0. The lowest BCUT2D eigenvalue weighted by Gasteiger charge is -2.18. The fourth-order valence-electron chi connectivity index (χ4n) is 8.24. The van der Waals surface area contributed by atoms with E-state index in [4.69, 9.17) is 14.2 Å². The summed E-state index contributed by atoms with van der Waals surface area (Å²) in [5, 5.41) is 0. The summed E-state index contributed by atoms with van der Waals surface area (Å²) in [6, 6.07) is 0. The molecule has 72 heavy (non-hydrogen) atoms. The molecule has 0 amide bonds. The maximum Gasteiger partial charge on any atom is 0.306 e. The number of carbonyl (C=O) groups is 3. The second-order valence-electron chi connectivity index (χ2n) is 19.9. The Labute approximate surface area is 445 Å². The Bertz CT molecular complexity index is 1430. The van der Waals surface area contributed by atoms with Gasteiger partial charge in [-0.1, -0.05) is 259 Å². The van der Waals surface area contributed by atoms with Crippen LogP contribution >= 0.6 is 0 Å². The molecule has 0 aliphatic carbocycles. The van der Waals surface area contributed by atoms with E-state index in [-0.39, 0.29) is 37.5 Å². The Morgan fingerprint density at radius 3 is 0.861 bits per heavy atom. The first kappa shape index (κ1) is 68.3. The molecule has 0 heterocycles. The molecule has 0 fully saturated rings. The van der Waals surface area contributed by atoms with E-state index in [0.29, 0.717) is 19.3 Å². The Hall–Kier alpha value is -3.67. The molecule has 0 aliphatic heterocycles. The van der Waals surface area contributed by atoms with Crippen LogP contribution < -0.4 is 0 Å². The maximum absolute atomic E-state index is 12.9. The number of rotatable bonds is 54. The largest absolute Gasteiger partial charge is 0.462 e. The number of esters is 3. The molecular formula is C66H112O6. The summed E-state index contributed by atoms with van der Waals surface area (Å²) in [5.41, 5.74) is 0. The smallest absolute Gasteiger partial charge is 0.306 e. The number of ether oxygens (including phenoxy) is 3. The minimum atomic E-state index is -0.813. The van der Waals surface area contributed by atoms with Crippen LogP contribution in [0.25, 0.3) is 0 Å². The monoisotopic (exact) mass is 1000 g/mol. The molecule has 0 spiro atoms. The Balaban J connectivity index is 4.51. The standard InChI is InChI=1S/C66H112O6/c1-4-7-10-13-16-19-22-25-28-31-33-36-38-41-44-47-50-53-56-59-65(68)71-62-63(61-70-64(67)58-55-52-49-46-43-40-37-34-30-27-24-21-18-15-12-9-6-3)72-66(69)60-57-54-51-48-45-42-39-35-32-29-26-23-20-17-14-11-8-5-2/h16,18-19,21,25,27-28,30,33,36-37,40-41,44,46,49,63H,4-15,17,20,22-24,26,29,31-32,34-35,38-39,42-43,45,47-48,50-62H2,1-3H3/b19-16-,21-18-,28-25-,30-27-,36-33-,40-37-,44-41-,49-46-/t63-/m1/s1. The molecule has 0 bridgehead atoms. The quantitative estimate of drug-likeness (QED) is 0.0261. The lowest BCUT2D eigenvalue weighted by Crippen LogP contribution is -2.30. The average Bonchev–Trinajstić information content (AvgIpc) is 3.38. The first-order valence-electron chi connectivity index (χ1n) is 30.2. The molecule has 0 aliphatic rings. The Kier molecular flexibility index (Phi) is 56.8. The van der Waals surface area contributed by atoms with E-state index in [9.17, 15) is 14.4 Å². The van der Waals surface area contributed by atoms with Crippen molar-refractivity contribution in [1.29, 1.82) is 0 Å². The zero-order valence-electron chi connectivity index (χ0n) is 47.2. The van der Waals surface area contributed by atoms with Crippen molar-refractivity contribution in [2.75, 3.05) is 13.2 Å². The van der Waals surface area contributed by atoms with Crippen LogP contribution in [0.2, 0.25) is 0 Å². The highest BCUT2D eigenvalue weighted by molar-refractivity contribution is 5.71. The average molecular weight is 1000 g/mol. The van der Waals surface area contributed by atoms with Crippen LogP contribution in [0, 0.1) is 0 Å². The third kappa shape index (κ3) is 57.2. The van der Waals surface area contributed by atoms with E-state index in [2.05, 4.69) is 118 Å². The zero-order chi connectivity index (χ0) is 52.2. The highest BCUT2D eigenvalue weighted by Crippen LogP contribution is 2.16. The van der Waals surface area contributed by atoms with Crippen LogP contribution in [0.3, 0.4) is 0 Å². The van der Waals surface area contributed by atoms with Gasteiger partial charge in [-0.15, -0.1) is 0 Å². The van der Waals surface area contributed by atoms with Gasteiger partial charge in [0.25, 0.3) is 0 Å². The van der Waals surface area contributed by atoms with Crippen LogP contribution in [-0.2, 0) is 28.6 Å². The molecule has 1 atom stereocenters. The van der Waals surface area contributed by atoms with Gasteiger partial charge in [0.05, 0.1) is 0 Å². The van der Waals surface area contributed by atoms with E-state index in [1.54, 1.807) is 0 Å². The SMILES string of the molecule is CCCCC/C=C\C/C=C\C/C=C\C/C=C\CCCCCC(=O)OC[C@@H](COC(=O)CCC/C=C\C/C=C\C/C=C\C/C=C\CCCCC)OC(=O)CCCCCCCCCCCCCCCCCCCC. The van der Waals surface area contributed by atoms with Crippen molar-refractivity contribution in [3.05, 3.63) is 97.2 Å². The molecule has 0 aromatic carbocycles. The number of hydrogen-bond acceptors (Lipinski definition) is 6. The van der Waals surface area contributed by atoms with E-state index in [1.807, 2.05) is 0 Å². The summed E-state index contributed by atoms with van der Waals surface area (Å²) in [7, 11) is 0. The summed E-state index contributed by atoms with van der Waals surface area (Å²) in [6.45, 7) is 6.53. The normalized spacial score (nSPS) is 12.8. The van der Waals surface area contributed by atoms with E-state index in [0.717, 1.165) is 89.9 Å². The Morgan fingerprint density at radius 2 is 0.514 bits per heavy atom. The predicted molar refractivity (Wildman–Crippen MR) is 311 cm³/mol. The van der Waals surface area contributed by atoms with Gasteiger partial charge in [0, 0.05) is 19.3 Å². The summed E-state index contributed by atoms with van der Waals surface area (Å²) in [4.78, 5) is 38.2. The lowest BCUT2D eigenvalue weighted by molar-refractivity contribution is -0.167. The van der Waals surface area contributed by atoms with Gasteiger partial charge in [0.15, 0.2) is 6.10 Å². The zero-order valence-corrected chi connectivity index (χ0v) is 47.2. The minimum absolute atomic E-state index is 0.110. The van der Waals surface area contributed by atoms with Gasteiger partial charge in [-0.3, -0.25) is 14.4 Å². The summed E-state index contributed by atoms with van der Waals surface area (Å²) in [6.07, 6.45) is 79.7. The summed E-state index contributed by atoms with van der Waals surface area (Å²) in [5.74, 6) is -0.987. The van der Waals surface area contributed by atoms with Crippen LogP contribution in [0.5, 0.6) is 0 Å². The molecule has 0 aromatic rings. The van der Waals surface area contributed by atoms with E-state index < -0.39 is 6.10 Å². The van der Waals surface area contributed by atoms with Crippen molar-refractivity contribution in [1.82, 2.24) is 0 Å². The number of carbonyl (C=O) groups excluding carboxylic acids is 3. The van der Waals surface area contributed by atoms with Crippen LogP contribution in [-0.4, -0.2) is 37.2 Å². The predicted octanol–water partition coefficient (Wildman–Crippen LogP) is 20.5. The van der Waals surface area contributed by atoms with Crippen molar-refractivity contribution in [3.8, 4) is 0 Å². The molecule has 0 N–H and O–H groups in total. The molecular weight excluding hydrogens is 889 g/mol. The van der Waals surface area contributed by atoms with Crippen molar-refractivity contribution in [3.63, 3.8) is 0 Å². The minimum Gasteiger partial charge on any atom is -0.462 e. The Morgan fingerprint density at radius 1 is 0.278 bits per heavy atom. The van der Waals surface area contributed by atoms with Gasteiger partial charge in [0.1, 0.15) is 13.2 Å². The van der Waals surface area contributed by atoms with Gasteiger partial charge in [0.2, 0.25) is 0 Å². The third-order valence-corrected chi connectivity index (χ3v) is 12.8. The summed E-state index contributed by atoms with van der Waals surface area (Å²) >= 11 is 0. The molecule has 0 saturated heterocycles. The second kappa shape index (κ2) is 59.9. The molecule has 0 aromatic heterocycles. The highest BCUT2D eigenvalue weighted by atomic mass is 16.6. The molecule has 0 unspecified atom stereocenters. The van der Waals surface area contributed by atoms with Crippen molar-refractivity contribution in [2.24, 2.45) is 0 Å². The van der Waals surface area contributed by atoms with Crippen molar-refractivity contribution < 1.29 is 28.6 Å². The molecule has 0 saturated carbocycles. The van der Waals surface area contributed by atoms with Crippen molar-refractivity contribution >= 4 is 17.9 Å². The van der Waals surface area contributed by atoms with Gasteiger partial charge in [-0.05, 0) is 103 Å². The maximum atomic E-state index is 12.9.